The van der Waals surface area contributed by atoms with E-state index in [1.54, 1.807) is 7.05 Å². The fraction of sp³-hybridized carbons (Fsp3) is 0.917. The van der Waals surface area contributed by atoms with Crippen molar-refractivity contribution in [2.24, 2.45) is 17.3 Å². The van der Waals surface area contributed by atoms with E-state index >= 15 is 0 Å². The van der Waals surface area contributed by atoms with Gasteiger partial charge in [0.2, 0.25) is 0 Å². The van der Waals surface area contributed by atoms with Crippen LogP contribution in [-0.2, 0) is 4.84 Å². The Morgan fingerprint density at radius 1 is 1.44 bits per heavy atom. The molecular formula is C12H22N2O2. The summed E-state index contributed by atoms with van der Waals surface area (Å²) in [5.74, 6) is 1.44. The quantitative estimate of drug-likeness (QED) is 0.732. The number of carbonyl (C=O) groups is 1. The van der Waals surface area contributed by atoms with E-state index < -0.39 is 0 Å². The van der Waals surface area contributed by atoms with Crippen LogP contribution in [-0.4, -0.2) is 31.3 Å². The fourth-order valence-electron chi connectivity index (χ4n) is 3.47. The third kappa shape index (κ3) is 1.69. The zero-order chi connectivity index (χ0) is 11.9. The Morgan fingerprint density at radius 3 is 2.62 bits per heavy atom. The molecule has 2 fully saturated rings. The van der Waals surface area contributed by atoms with Gasteiger partial charge in [-0.05, 0) is 36.5 Å². The SMILES string of the molecule is CON(C)C(=O)N[C@@H]1[C@@H]2CC[C@@H](C2)C1(C)C. The Labute approximate surface area is 97.3 Å². The predicted octanol–water partition coefficient (Wildman–Crippen LogP) is 2.01. The standard InChI is InChI=1S/C12H22N2O2/c1-12(2)9-6-5-8(7-9)10(12)13-11(15)14(3)16-4/h8-10H,5-7H2,1-4H3,(H,13,15)/t8-,9+,10-/m1/s1. The summed E-state index contributed by atoms with van der Waals surface area (Å²) in [4.78, 5) is 16.7. The normalized spacial score (nSPS) is 35.1. The van der Waals surface area contributed by atoms with Crippen molar-refractivity contribution in [1.29, 1.82) is 0 Å². The lowest BCUT2D eigenvalue weighted by atomic mass is 9.73. The summed E-state index contributed by atoms with van der Waals surface area (Å²) in [7, 11) is 3.14. The van der Waals surface area contributed by atoms with Crippen LogP contribution in [0, 0.1) is 17.3 Å². The van der Waals surface area contributed by atoms with Gasteiger partial charge in [0.05, 0.1) is 7.11 Å². The molecule has 0 aromatic heterocycles. The molecule has 3 atom stereocenters. The van der Waals surface area contributed by atoms with Crippen LogP contribution in [0.4, 0.5) is 4.79 Å². The summed E-state index contributed by atoms with van der Waals surface area (Å²) in [6.07, 6.45) is 3.86. The Hall–Kier alpha value is -0.770. The van der Waals surface area contributed by atoms with Crippen LogP contribution in [0.5, 0.6) is 0 Å². The number of carbonyl (C=O) groups excluding carboxylic acids is 1. The summed E-state index contributed by atoms with van der Waals surface area (Å²) < 4.78 is 0. The molecule has 2 aliphatic carbocycles. The topological polar surface area (TPSA) is 41.6 Å². The highest BCUT2D eigenvalue weighted by Crippen LogP contribution is 2.55. The largest absolute Gasteiger partial charge is 0.341 e. The van der Waals surface area contributed by atoms with Gasteiger partial charge in [-0.2, -0.15) is 0 Å². The molecule has 2 amide bonds. The zero-order valence-electron chi connectivity index (χ0n) is 10.6. The molecule has 1 N–H and O–H groups in total. The van der Waals surface area contributed by atoms with E-state index in [2.05, 4.69) is 19.2 Å². The van der Waals surface area contributed by atoms with Crippen molar-refractivity contribution >= 4 is 6.03 Å². The third-order valence-electron chi connectivity index (χ3n) is 4.64. The first-order valence-electron chi connectivity index (χ1n) is 6.05. The highest BCUT2D eigenvalue weighted by atomic mass is 16.7. The molecule has 92 valence electrons. The van der Waals surface area contributed by atoms with Crippen molar-refractivity contribution in [2.75, 3.05) is 14.2 Å². The third-order valence-corrected chi connectivity index (χ3v) is 4.64. The maximum Gasteiger partial charge on any atom is 0.341 e. The number of hydrogen-bond donors (Lipinski definition) is 1. The van der Waals surface area contributed by atoms with Gasteiger partial charge in [-0.15, -0.1) is 0 Å². The molecule has 0 unspecified atom stereocenters. The van der Waals surface area contributed by atoms with Crippen molar-refractivity contribution in [1.82, 2.24) is 10.4 Å². The van der Waals surface area contributed by atoms with Crippen molar-refractivity contribution in [3.8, 4) is 0 Å². The summed E-state index contributed by atoms with van der Waals surface area (Å²) in [6, 6.07) is 0.171. The molecule has 0 heterocycles. The monoisotopic (exact) mass is 226 g/mol. The first-order chi connectivity index (χ1) is 7.46. The van der Waals surface area contributed by atoms with Gasteiger partial charge in [0.1, 0.15) is 0 Å². The number of fused-ring (bicyclic) bond motifs is 2. The smallest absolute Gasteiger partial charge is 0.333 e. The van der Waals surface area contributed by atoms with Gasteiger partial charge in [0.25, 0.3) is 0 Å². The highest BCUT2D eigenvalue weighted by Gasteiger charge is 2.53. The average Bonchev–Trinajstić information content (AvgIpc) is 2.79. The summed E-state index contributed by atoms with van der Waals surface area (Å²) in [5, 5.41) is 4.37. The second-order valence-corrected chi connectivity index (χ2v) is 5.70. The summed E-state index contributed by atoms with van der Waals surface area (Å²) in [6.45, 7) is 4.54. The van der Waals surface area contributed by atoms with E-state index in [1.165, 1.54) is 31.4 Å². The number of hydrogen-bond acceptors (Lipinski definition) is 2. The van der Waals surface area contributed by atoms with E-state index in [0.29, 0.717) is 12.0 Å². The summed E-state index contributed by atoms with van der Waals surface area (Å²) in [5.41, 5.74) is 0.229. The minimum absolute atomic E-state index is 0.131. The number of rotatable bonds is 2. The maximum absolute atomic E-state index is 11.8. The molecule has 4 heteroatoms. The van der Waals surface area contributed by atoms with Gasteiger partial charge >= 0.3 is 6.03 Å². The predicted molar refractivity (Wildman–Crippen MR) is 61.7 cm³/mol. The van der Waals surface area contributed by atoms with Crippen molar-refractivity contribution in [3.63, 3.8) is 0 Å². The number of nitrogens with zero attached hydrogens (tertiary/aromatic N) is 1. The Morgan fingerprint density at radius 2 is 2.12 bits per heavy atom. The van der Waals surface area contributed by atoms with E-state index in [9.17, 15) is 4.79 Å². The van der Waals surface area contributed by atoms with Crippen LogP contribution in [0.1, 0.15) is 33.1 Å². The van der Waals surface area contributed by atoms with Crippen molar-refractivity contribution in [3.05, 3.63) is 0 Å². The Balaban J connectivity index is 2.02. The molecule has 0 spiro atoms. The van der Waals surface area contributed by atoms with E-state index in [0.717, 1.165) is 5.92 Å². The molecule has 4 nitrogen and oxygen atoms in total. The van der Waals surface area contributed by atoms with Gasteiger partial charge in [-0.3, -0.25) is 4.84 Å². The molecule has 2 rings (SSSR count). The minimum atomic E-state index is -0.131. The first kappa shape index (κ1) is 11.7. The Kier molecular flexibility index (Phi) is 2.86. The zero-order valence-corrected chi connectivity index (χ0v) is 10.6. The number of hydroxylamine groups is 2. The second-order valence-electron chi connectivity index (χ2n) is 5.70. The number of nitrogens with one attached hydrogen (secondary N) is 1. The molecule has 2 bridgehead atoms. The van der Waals surface area contributed by atoms with Crippen LogP contribution in [0.25, 0.3) is 0 Å². The van der Waals surface area contributed by atoms with Crippen LogP contribution in [0.15, 0.2) is 0 Å². The van der Waals surface area contributed by atoms with Gasteiger partial charge in [0, 0.05) is 13.1 Å². The molecule has 2 saturated carbocycles. The lowest BCUT2D eigenvalue weighted by Gasteiger charge is -2.39. The maximum atomic E-state index is 11.8. The lowest BCUT2D eigenvalue weighted by Crippen LogP contribution is -2.51. The van der Waals surface area contributed by atoms with Crippen LogP contribution < -0.4 is 5.32 Å². The fourth-order valence-corrected chi connectivity index (χ4v) is 3.47. The molecule has 0 aromatic carbocycles. The second kappa shape index (κ2) is 3.91. The van der Waals surface area contributed by atoms with Crippen LogP contribution in [0.2, 0.25) is 0 Å². The van der Waals surface area contributed by atoms with Gasteiger partial charge in [0.15, 0.2) is 0 Å². The number of amides is 2. The molecule has 0 aliphatic heterocycles. The Bertz CT molecular complexity index is 291. The summed E-state index contributed by atoms with van der Waals surface area (Å²) >= 11 is 0. The van der Waals surface area contributed by atoms with E-state index in [1.807, 2.05) is 0 Å². The molecule has 0 aromatic rings. The van der Waals surface area contributed by atoms with E-state index in [4.69, 9.17) is 4.84 Å². The molecule has 16 heavy (non-hydrogen) atoms. The molecule has 0 radical (unpaired) electrons. The van der Waals surface area contributed by atoms with Crippen molar-refractivity contribution < 1.29 is 9.63 Å². The molecule has 2 aliphatic rings. The highest BCUT2D eigenvalue weighted by molar-refractivity contribution is 5.73. The lowest BCUT2D eigenvalue weighted by molar-refractivity contribution is -0.0674. The van der Waals surface area contributed by atoms with Gasteiger partial charge in [-0.1, -0.05) is 13.8 Å². The molecular weight excluding hydrogens is 204 g/mol. The van der Waals surface area contributed by atoms with E-state index in [-0.39, 0.29) is 11.4 Å². The van der Waals surface area contributed by atoms with Gasteiger partial charge in [-0.25, -0.2) is 9.86 Å². The first-order valence-corrected chi connectivity index (χ1v) is 6.05. The van der Waals surface area contributed by atoms with Gasteiger partial charge < -0.3 is 5.32 Å². The average molecular weight is 226 g/mol. The van der Waals surface area contributed by atoms with Crippen LogP contribution >= 0.6 is 0 Å². The number of urea groups is 1. The van der Waals surface area contributed by atoms with Crippen LogP contribution in [0.3, 0.4) is 0 Å². The van der Waals surface area contributed by atoms with Crippen molar-refractivity contribution in [2.45, 2.75) is 39.2 Å². The minimum Gasteiger partial charge on any atom is -0.333 e. The molecule has 0 saturated heterocycles.